The van der Waals surface area contributed by atoms with Gasteiger partial charge in [0, 0.05) is 33.9 Å². The van der Waals surface area contributed by atoms with Crippen molar-refractivity contribution < 1.29 is 32.3 Å². The van der Waals surface area contributed by atoms with Crippen LogP contribution in [0.3, 0.4) is 0 Å². The van der Waals surface area contributed by atoms with Crippen molar-refractivity contribution in [3.8, 4) is 0 Å². The minimum Gasteiger partial charge on any atom is -0.464 e. The van der Waals surface area contributed by atoms with E-state index in [0.717, 1.165) is 0 Å². The van der Waals surface area contributed by atoms with Gasteiger partial charge < -0.3 is 28.1 Å². The number of ether oxygens (including phenoxy) is 2. The molecule has 0 rings (SSSR count). The maximum absolute atomic E-state index is 11.2. The van der Waals surface area contributed by atoms with Crippen LogP contribution in [0.4, 0.5) is 4.79 Å². The molecule has 0 spiro atoms. The van der Waals surface area contributed by atoms with Crippen molar-refractivity contribution in [2.75, 3.05) is 41.1 Å². The lowest BCUT2D eigenvalue weighted by Gasteiger charge is -2.24. The Bertz CT molecular complexity index is 252. The maximum Gasteiger partial charge on any atom is 0.500 e. The van der Waals surface area contributed by atoms with Crippen LogP contribution >= 0.6 is 0 Å². The van der Waals surface area contributed by atoms with Crippen LogP contribution in [0, 0.1) is 0 Å². The highest BCUT2D eigenvalue weighted by Crippen LogP contribution is 2.14. The molecule has 112 valence electrons. The number of amides is 1. The molecule has 0 aliphatic carbocycles. The van der Waals surface area contributed by atoms with Crippen molar-refractivity contribution in [1.29, 1.82) is 0 Å². The Morgan fingerprint density at radius 3 is 2.32 bits per heavy atom. The first-order valence-corrected chi connectivity index (χ1v) is 7.68. The van der Waals surface area contributed by atoms with Crippen LogP contribution in [-0.4, -0.2) is 62.5 Å². The Kier molecular flexibility index (Phi) is 10.1. The Morgan fingerprint density at radius 1 is 1.16 bits per heavy atom. The van der Waals surface area contributed by atoms with Crippen LogP contribution in [0.15, 0.2) is 0 Å². The van der Waals surface area contributed by atoms with Gasteiger partial charge in [0.05, 0.1) is 0 Å². The topological polar surface area (TPSA) is 92.3 Å². The van der Waals surface area contributed by atoms with Crippen LogP contribution in [0.2, 0.25) is 6.04 Å². The van der Waals surface area contributed by atoms with Crippen LogP contribution in [0.5, 0.6) is 0 Å². The Labute approximate surface area is 113 Å². The molecular formula is C10H21NO7Si. The van der Waals surface area contributed by atoms with E-state index in [4.69, 9.17) is 18.0 Å². The molecule has 8 nitrogen and oxygen atoms in total. The molecule has 0 saturated carbocycles. The van der Waals surface area contributed by atoms with Gasteiger partial charge in [0.15, 0.2) is 0 Å². The van der Waals surface area contributed by atoms with Gasteiger partial charge in [-0.15, -0.1) is 0 Å². The molecule has 0 aromatic rings. The third-order valence-corrected chi connectivity index (χ3v) is 5.20. The summed E-state index contributed by atoms with van der Waals surface area (Å²) in [4.78, 5) is 21.0. The second-order valence-corrected chi connectivity index (χ2v) is 6.52. The molecule has 1 amide bonds. The lowest BCUT2D eigenvalue weighted by atomic mass is 10.5. The summed E-state index contributed by atoms with van der Waals surface area (Å²) in [6, 6.07) is 0.588. The predicted octanol–water partition coefficient (Wildman–Crippen LogP) is 0.154. The molecule has 9 heteroatoms. The van der Waals surface area contributed by atoms with E-state index in [1.54, 1.807) is 0 Å². The molecule has 0 aliphatic rings. The summed E-state index contributed by atoms with van der Waals surface area (Å²) < 4.78 is 24.8. The quantitative estimate of drug-likeness (QED) is 0.329. The fourth-order valence-electron chi connectivity index (χ4n) is 1.33. The summed E-state index contributed by atoms with van der Waals surface area (Å²) in [5, 5.41) is 2.55. The van der Waals surface area contributed by atoms with Gasteiger partial charge in [0.25, 0.3) is 6.47 Å². The Morgan fingerprint density at radius 2 is 1.79 bits per heavy atom. The van der Waals surface area contributed by atoms with E-state index in [9.17, 15) is 9.59 Å². The molecule has 0 unspecified atom stereocenters. The molecule has 0 radical (unpaired) electrons. The zero-order chi connectivity index (χ0) is 14.6. The van der Waals surface area contributed by atoms with Crippen LogP contribution in [0.1, 0.15) is 6.42 Å². The van der Waals surface area contributed by atoms with Crippen molar-refractivity contribution >= 4 is 21.4 Å². The second kappa shape index (κ2) is 10.7. The predicted molar refractivity (Wildman–Crippen MR) is 67.6 cm³/mol. The monoisotopic (exact) mass is 295 g/mol. The molecule has 19 heavy (non-hydrogen) atoms. The third kappa shape index (κ3) is 7.77. The average Bonchev–Trinajstić information content (AvgIpc) is 2.45. The normalized spacial score (nSPS) is 10.9. The molecule has 0 atom stereocenters. The smallest absolute Gasteiger partial charge is 0.464 e. The highest BCUT2D eigenvalue weighted by atomic mass is 28.4. The maximum atomic E-state index is 11.2. The zero-order valence-corrected chi connectivity index (χ0v) is 12.5. The number of alkyl carbamates (subject to hydrolysis) is 1. The summed E-state index contributed by atoms with van der Waals surface area (Å²) in [5.74, 6) is 0. The van der Waals surface area contributed by atoms with Crippen molar-refractivity contribution in [2.45, 2.75) is 12.5 Å². The highest BCUT2D eigenvalue weighted by Gasteiger charge is 2.36. The molecular weight excluding hydrogens is 274 g/mol. The largest absolute Gasteiger partial charge is 0.500 e. The van der Waals surface area contributed by atoms with Crippen LogP contribution in [0.25, 0.3) is 0 Å². The van der Waals surface area contributed by atoms with E-state index in [0.29, 0.717) is 25.5 Å². The molecule has 0 fully saturated rings. The summed E-state index contributed by atoms with van der Waals surface area (Å²) in [5.41, 5.74) is 0. The molecule has 0 saturated heterocycles. The van der Waals surface area contributed by atoms with Crippen molar-refractivity contribution in [3.63, 3.8) is 0 Å². The molecule has 1 N–H and O–H groups in total. The number of rotatable bonds is 11. The first kappa shape index (κ1) is 17.8. The van der Waals surface area contributed by atoms with E-state index in [2.05, 4.69) is 10.1 Å². The van der Waals surface area contributed by atoms with Gasteiger partial charge in [-0.05, 0) is 6.42 Å². The van der Waals surface area contributed by atoms with E-state index < -0.39 is 14.9 Å². The second-order valence-electron chi connectivity index (χ2n) is 3.43. The van der Waals surface area contributed by atoms with E-state index in [1.807, 2.05) is 0 Å². The van der Waals surface area contributed by atoms with E-state index in [1.165, 1.54) is 21.3 Å². The Balaban J connectivity index is 3.67. The minimum atomic E-state index is -2.58. The van der Waals surface area contributed by atoms with Gasteiger partial charge in [0.2, 0.25) is 0 Å². The third-order valence-electron chi connectivity index (χ3n) is 2.36. The van der Waals surface area contributed by atoms with Crippen molar-refractivity contribution in [2.24, 2.45) is 0 Å². The van der Waals surface area contributed by atoms with E-state index in [-0.39, 0.29) is 13.2 Å². The zero-order valence-electron chi connectivity index (χ0n) is 11.5. The van der Waals surface area contributed by atoms with Gasteiger partial charge in [-0.1, -0.05) is 0 Å². The fraction of sp³-hybridized carbons (Fsp3) is 0.800. The highest BCUT2D eigenvalue weighted by molar-refractivity contribution is 6.60. The molecule has 0 aromatic carbocycles. The first-order valence-electron chi connectivity index (χ1n) is 5.75. The van der Waals surface area contributed by atoms with Crippen molar-refractivity contribution in [3.05, 3.63) is 0 Å². The summed E-state index contributed by atoms with van der Waals surface area (Å²) in [6.45, 7) is 0.783. The Hall–Kier alpha value is -1.16. The van der Waals surface area contributed by atoms with Crippen LogP contribution < -0.4 is 5.32 Å². The standard InChI is InChI=1S/C10H21NO7Si/c1-14-19(15-2,16-3)8-4-5-11-10(13)18-7-6-17-9-12/h9H,4-8H2,1-3H3,(H,11,13). The number of hydrogen-bond acceptors (Lipinski definition) is 7. The average molecular weight is 295 g/mol. The molecule has 0 heterocycles. The van der Waals surface area contributed by atoms with Gasteiger partial charge in [-0.2, -0.15) is 0 Å². The summed E-state index contributed by atoms with van der Waals surface area (Å²) >= 11 is 0. The summed E-state index contributed by atoms with van der Waals surface area (Å²) in [6.07, 6.45) is 0.0795. The lowest BCUT2D eigenvalue weighted by Crippen LogP contribution is -2.43. The minimum absolute atomic E-state index is 0.0253. The van der Waals surface area contributed by atoms with Crippen LogP contribution in [-0.2, 0) is 27.5 Å². The van der Waals surface area contributed by atoms with E-state index >= 15 is 0 Å². The SMILES string of the molecule is CO[Si](CCCNC(=O)OCCOC=O)(OC)OC. The number of hydrogen-bond donors (Lipinski definition) is 1. The molecule has 0 aliphatic heterocycles. The van der Waals surface area contributed by atoms with Gasteiger partial charge >= 0.3 is 14.9 Å². The number of nitrogens with one attached hydrogen (secondary N) is 1. The van der Waals surface area contributed by atoms with Gasteiger partial charge in [0.1, 0.15) is 13.2 Å². The molecule has 0 bridgehead atoms. The lowest BCUT2D eigenvalue weighted by molar-refractivity contribution is -0.129. The van der Waals surface area contributed by atoms with Gasteiger partial charge in [-0.3, -0.25) is 4.79 Å². The first-order chi connectivity index (χ1) is 9.14. The number of carbonyl (C=O) groups is 2. The van der Waals surface area contributed by atoms with Gasteiger partial charge in [-0.25, -0.2) is 4.79 Å². The van der Waals surface area contributed by atoms with Crippen molar-refractivity contribution in [1.82, 2.24) is 5.32 Å². The number of carbonyl (C=O) groups excluding carboxylic acids is 2. The fourth-order valence-corrected chi connectivity index (χ4v) is 3.06. The molecule has 0 aromatic heterocycles. The summed E-state index contributed by atoms with van der Waals surface area (Å²) in [7, 11) is 2.03.